The number of aliphatic hydroxyl groups excluding tert-OH is 1. The Kier molecular flexibility index (Phi) is 9.28. The van der Waals surface area contributed by atoms with E-state index >= 15 is 0 Å². The van der Waals surface area contributed by atoms with Crippen LogP contribution in [0.15, 0.2) is 12.2 Å². The molecule has 18 heavy (non-hydrogen) atoms. The van der Waals surface area contributed by atoms with Gasteiger partial charge in [0.15, 0.2) is 0 Å². The topological polar surface area (TPSA) is 58.6 Å². The second-order valence-electron chi connectivity index (χ2n) is 3.96. The molecule has 2 N–H and O–H groups in total. The maximum atomic E-state index is 11.0. The maximum absolute atomic E-state index is 11.0. The van der Waals surface area contributed by atoms with Crippen molar-refractivity contribution in [1.29, 1.82) is 0 Å². The summed E-state index contributed by atoms with van der Waals surface area (Å²) in [5.41, 5.74) is 0.308. The zero-order valence-corrected chi connectivity index (χ0v) is 13.5. The minimum absolute atomic E-state index is 0.0576. The summed E-state index contributed by atoms with van der Waals surface area (Å²) in [7, 11) is 0. The van der Waals surface area contributed by atoms with E-state index in [2.05, 4.69) is 11.9 Å². The van der Waals surface area contributed by atoms with Gasteiger partial charge in [0, 0.05) is 12.1 Å². The molecule has 0 aliphatic rings. The van der Waals surface area contributed by atoms with Gasteiger partial charge >= 0.3 is 12.0 Å². The normalized spacial score (nSPS) is 13.2. The van der Waals surface area contributed by atoms with Crippen molar-refractivity contribution in [1.82, 2.24) is 5.32 Å². The molecule has 106 valence electrons. The summed E-state index contributed by atoms with van der Waals surface area (Å²) in [6, 6.07) is -1.97. The maximum Gasteiger partial charge on any atom is 0.341 e. The molecular weight excluding hydrogens is 317 g/mol. The molecule has 4 nitrogen and oxygen atoms in total. The highest BCUT2D eigenvalue weighted by Crippen LogP contribution is 2.25. The molecule has 0 rings (SSSR count). The van der Waals surface area contributed by atoms with Gasteiger partial charge in [-0.25, -0.2) is 4.79 Å². The molecule has 0 amide bonds. The van der Waals surface area contributed by atoms with Crippen molar-refractivity contribution in [3.05, 3.63) is 12.2 Å². The fourth-order valence-corrected chi connectivity index (χ4v) is 2.82. The lowest BCUT2D eigenvalue weighted by Gasteiger charge is -2.13. The third kappa shape index (κ3) is 11.3. The van der Waals surface area contributed by atoms with Crippen molar-refractivity contribution >= 4 is 45.2 Å². The van der Waals surface area contributed by atoms with Gasteiger partial charge in [0.1, 0.15) is 12.7 Å². The van der Waals surface area contributed by atoms with Crippen molar-refractivity contribution < 1.29 is 14.6 Å². The van der Waals surface area contributed by atoms with Crippen LogP contribution in [0.2, 0.25) is 6.04 Å². The van der Waals surface area contributed by atoms with Gasteiger partial charge in [-0.2, -0.15) is 0 Å². The van der Waals surface area contributed by atoms with Crippen molar-refractivity contribution in [3.8, 4) is 0 Å². The molecule has 0 aliphatic heterocycles. The second kappa shape index (κ2) is 9.17. The third-order valence-corrected chi connectivity index (χ3v) is 4.57. The Hall–Kier alpha value is 0.217. The first-order valence-corrected chi connectivity index (χ1v) is 10.7. The zero-order chi connectivity index (χ0) is 14.2. The average Bonchev–Trinajstić information content (AvgIpc) is 2.23. The van der Waals surface area contributed by atoms with Crippen LogP contribution in [0.4, 0.5) is 0 Å². The van der Waals surface area contributed by atoms with E-state index in [-0.39, 0.29) is 6.61 Å². The lowest BCUT2D eigenvalue weighted by molar-refractivity contribution is -0.141. The third-order valence-electron chi connectivity index (χ3n) is 1.95. The van der Waals surface area contributed by atoms with Crippen LogP contribution in [-0.2, 0) is 9.53 Å². The molecule has 0 aromatic rings. The summed E-state index contributed by atoms with van der Waals surface area (Å²) in [4.78, 5) is 11.0. The molecule has 0 bridgehead atoms. The number of carbonyl (C=O) groups excluding carboxylic acids is 1. The van der Waals surface area contributed by atoms with Crippen LogP contribution in [0.3, 0.4) is 0 Å². The lowest BCUT2D eigenvalue weighted by Crippen LogP contribution is -2.32. The number of aliphatic hydroxyl groups is 1. The van der Waals surface area contributed by atoms with Crippen LogP contribution in [-0.4, -0.2) is 42.9 Å². The number of nitrogens with one attached hydrogen (secondary N) is 1. The predicted octanol–water partition coefficient (Wildman–Crippen LogP) is 2.10. The van der Waals surface area contributed by atoms with Crippen molar-refractivity contribution in [2.24, 2.45) is 0 Å². The van der Waals surface area contributed by atoms with Gasteiger partial charge in [-0.3, -0.25) is 0 Å². The van der Waals surface area contributed by atoms with Gasteiger partial charge in [-0.05, 0) is 25.9 Å². The van der Waals surface area contributed by atoms with E-state index in [9.17, 15) is 9.90 Å². The van der Waals surface area contributed by atoms with E-state index in [0.717, 1.165) is 6.42 Å². The summed E-state index contributed by atoms with van der Waals surface area (Å²) in [6.07, 6.45) is -0.0145. The molecule has 1 atom stereocenters. The molecule has 0 fully saturated rings. The Morgan fingerprint density at radius 2 is 2.11 bits per heavy atom. The molecule has 8 heteroatoms. The Bertz CT molecular complexity index is 284. The van der Waals surface area contributed by atoms with Crippen LogP contribution in [0.1, 0.15) is 13.3 Å². The Labute approximate surface area is 122 Å². The Morgan fingerprint density at radius 3 is 2.61 bits per heavy atom. The van der Waals surface area contributed by atoms with Gasteiger partial charge in [0.05, 0.1) is 0 Å². The SMILES string of the molecule is C=C(C)C(=O)OCC(O)CNCCC[Si](Cl)(Cl)Cl. The molecular formula is C10H18Cl3NO3Si. The number of carbonyl (C=O) groups is 1. The van der Waals surface area contributed by atoms with Crippen LogP contribution in [0.5, 0.6) is 0 Å². The van der Waals surface area contributed by atoms with Crippen molar-refractivity contribution in [3.63, 3.8) is 0 Å². The van der Waals surface area contributed by atoms with Gasteiger partial charge in [0.2, 0.25) is 0 Å². The average molecular weight is 335 g/mol. The predicted molar refractivity (Wildman–Crippen MR) is 77.4 cm³/mol. The fourth-order valence-electron chi connectivity index (χ4n) is 1.04. The summed E-state index contributed by atoms with van der Waals surface area (Å²) in [5.74, 6) is -0.503. The Balaban J connectivity index is 3.51. The van der Waals surface area contributed by atoms with Gasteiger partial charge in [-0.1, -0.05) is 6.58 Å². The highest BCUT2D eigenvalue weighted by molar-refractivity contribution is 7.64. The standard InChI is InChI=1S/C10H18Cl3NO3Si/c1-8(2)10(16)17-7-9(15)6-14-4-3-5-18(11,12)13/h9,14-15H,1,3-7H2,2H3. The number of hydrogen-bond donors (Lipinski definition) is 2. The monoisotopic (exact) mass is 333 g/mol. The van der Waals surface area contributed by atoms with Gasteiger partial charge < -0.3 is 15.2 Å². The molecule has 0 radical (unpaired) electrons. The molecule has 0 heterocycles. The van der Waals surface area contributed by atoms with Crippen molar-refractivity contribution in [2.45, 2.75) is 25.5 Å². The van der Waals surface area contributed by atoms with Crippen LogP contribution >= 0.6 is 33.2 Å². The van der Waals surface area contributed by atoms with E-state index < -0.39 is 18.1 Å². The molecule has 0 aromatic carbocycles. The first kappa shape index (κ1) is 18.2. The minimum Gasteiger partial charge on any atom is -0.460 e. The molecule has 0 saturated carbocycles. The van der Waals surface area contributed by atoms with Gasteiger partial charge in [-0.15, -0.1) is 33.2 Å². The summed E-state index contributed by atoms with van der Waals surface area (Å²) in [6.45, 7) is 5.90. The summed E-state index contributed by atoms with van der Waals surface area (Å²) < 4.78 is 4.79. The van der Waals surface area contributed by atoms with E-state index in [1.165, 1.54) is 0 Å². The fraction of sp³-hybridized carbons (Fsp3) is 0.700. The minimum atomic E-state index is -2.54. The van der Waals surface area contributed by atoms with Crippen molar-refractivity contribution in [2.75, 3.05) is 19.7 Å². The zero-order valence-electron chi connectivity index (χ0n) is 10.2. The smallest absolute Gasteiger partial charge is 0.341 e. The van der Waals surface area contributed by atoms with Crippen LogP contribution in [0, 0.1) is 0 Å². The first-order valence-electron chi connectivity index (χ1n) is 5.50. The first-order chi connectivity index (χ1) is 8.22. The largest absolute Gasteiger partial charge is 0.460 e. The number of ether oxygens (including phenoxy) is 1. The molecule has 0 spiro atoms. The Morgan fingerprint density at radius 1 is 1.50 bits per heavy atom. The van der Waals surface area contributed by atoms with Crippen LogP contribution < -0.4 is 5.32 Å². The van der Waals surface area contributed by atoms with Crippen LogP contribution in [0.25, 0.3) is 0 Å². The number of hydrogen-bond acceptors (Lipinski definition) is 4. The highest BCUT2D eigenvalue weighted by atomic mass is 35.8. The van der Waals surface area contributed by atoms with E-state index in [0.29, 0.717) is 24.7 Å². The molecule has 0 aromatic heterocycles. The summed E-state index contributed by atoms with van der Waals surface area (Å²) in [5, 5.41) is 12.5. The quantitative estimate of drug-likeness (QED) is 0.223. The number of halogens is 3. The van der Waals surface area contributed by atoms with E-state index in [4.69, 9.17) is 38.0 Å². The number of rotatable bonds is 9. The molecule has 0 aliphatic carbocycles. The molecule has 1 unspecified atom stereocenters. The van der Waals surface area contributed by atoms with Gasteiger partial charge in [0.25, 0.3) is 0 Å². The van der Waals surface area contributed by atoms with E-state index in [1.807, 2.05) is 0 Å². The second-order valence-corrected chi connectivity index (χ2v) is 13.2. The lowest BCUT2D eigenvalue weighted by atomic mass is 10.3. The molecule has 0 saturated heterocycles. The number of esters is 1. The highest BCUT2D eigenvalue weighted by Gasteiger charge is 2.23. The summed E-state index contributed by atoms with van der Waals surface area (Å²) >= 11 is 17.1. The van der Waals surface area contributed by atoms with E-state index in [1.54, 1.807) is 6.92 Å².